The Morgan fingerprint density at radius 1 is 1.56 bits per heavy atom. The zero-order valence-electron chi connectivity index (χ0n) is 6.22. The van der Waals surface area contributed by atoms with Crippen molar-refractivity contribution in [2.24, 2.45) is 0 Å². The van der Waals surface area contributed by atoms with Gasteiger partial charge in [-0.25, -0.2) is 0 Å². The fraction of sp³-hybridized carbons (Fsp3) is 0.857. The molecule has 1 radical (unpaired) electrons. The molecule has 0 bridgehead atoms. The third kappa shape index (κ3) is 4.43. The third-order valence-electron chi connectivity index (χ3n) is 1.16. The summed E-state index contributed by atoms with van der Waals surface area (Å²) in [6.07, 6.45) is 0.946. The molecule has 0 aliphatic rings. The van der Waals surface area contributed by atoms with Gasteiger partial charge in [0.25, 0.3) is 0 Å². The highest BCUT2D eigenvalue weighted by molar-refractivity contribution is 4.56. The lowest BCUT2D eigenvalue weighted by atomic mass is 10.3. The van der Waals surface area contributed by atoms with Crippen LogP contribution in [-0.2, 0) is 9.47 Å². The van der Waals surface area contributed by atoms with Crippen molar-refractivity contribution in [1.82, 2.24) is 0 Å². The van der Waals surface area contributed by atoms with Gasteiger partial charge in [-0.3, -0.25) is 0 Å². The van der Waals surface area contributed by atoms with E-state index in [2.05, 4.69) is 6.92 Å². The lowest BCUT2D eigenvalue weighted by Crippen LogP contribution is -2.16. The predicted molar refractivity (Wildman–Crippen MR) is 37.3 cm³/mol. The summed E-state index contributed by atoms with van der Waals surface area (Å²) >= 11 is 0. The van der Waals surface area contributed by atoms with Crippen LogP contribution in [0.25, 0.3) is 0 Å². The van der Waals surface area contributed by atoms with Crippen molar-refractivity contribution in [2.45, 2.75) is 19.4 Å². The van der Waals surface area contributed by atoms with Gasteiger partial charge in [-0.15, -0.1) is 0 Å². The number of hydrogen-bond acceptors (Lipinski definition) is 2. The summed E-state index contributed by atoms with van der Waals surface area (Å²) in [7, 11) is 1.68. The Morgan fingerprint density at radius 3 is 2.56 bits per heavy atom. The predicted octanol–water partition coefficient (Wildman–Crippen LogP) is 1.26. The Labute approximate surface area is 57.2 Å². The molecule has 0 saturated carbocycles. The zero-order chi connectivity index (χ0) is 7.11. The van der Waals surface area contributed by atoms with Crippen LogP contribution in [0.2, 0.25) is 0 Å². The summed E-state index contributed by atoms with van der Waals surface area (Å²) in [6.45, 7) is 7.09. The lowest BCUT2D eigenvalue weighted by molar-refractivity contribution is 0.0143. The van der Waals surface area contributed by atoms with Crippen LogP contribution < -0.4 is 0 Å². The molecule has 0 aliphatic heterocycles. The van der Waals surface area contributed by atoms with E-state index in [0.29, 0.717) is 6.61 Å². The highest BCUT2D eigenvalue weighted by Crippen LogP contribution is 1.95. The van der Waals surface area contributed by atoms with Gasteiger partial charge in [0.2, 0.25) is 0 Å². The minimum Gasteiger partial charge on any atom is -0.379 e. The van der Waals surface area contributed by atoms with Gasteiger partial charge in [-0.1, -0.05) is 6.92 Å². The van der Waals surface area contributed by atoms with Gasteiger partial charge in [-0.2, -0.15) is 0 Å². The van der Waals surface area contributed by atoms with E-state index < -0.39 is 0 Å². The molecule has 0 aliphatic carbocycles. The Morgan fingerprint density at radius 2 is 2.22 bits per heavy atom. The monoisotopic (exact) mass is 131 g/mol. The van der Waals surface area contributed by atoms with Crippen LogP contribution in [0.1, 0.15) is 13.3 Å². The molecule has 0 spiro atoms. The van der Waals surface area contributed by atoms with Gasteiger partial charge in [0.05, 0.1) is 12.7 Å². The first-order valence-corrected chi connectivity index (χ1v) is 3.24. The Balaban J connectivity index is 3.09. The maximum absolute atomic E-state index is 5.11. The molecular weight excluding hydrogens is 116 g/mol. The van der Waals surface area contributed by atoms with Crippen LogP contribution >= 0.6 is 0 Å². The Kier molecular flexibility index (Phi) is 5.99. The van der Waals surface area contributed by atoms with Crippen molar-refractivity contribution in [3.05, 3.63) is 6.92 Å². The smallest absolute Gasteiger partial charge is 0.0804 e. The van der Waals surface area contributed by atoms with Crippen molar-refractivity contribution in [3.63, 3.8) is 0 Å². The quantitative estimate of drug-likeness (QED) is 0.559. The first-order chi connectivity index (χ1) is 4.35. The summed E-state index contributed by atoms with van der Waals surface area (Å²) in [6, 6.07) is 0. The molecule has 0 saturated heterocycles. The second-order valence-electron chi connectivity index (χ2n) is 1.81. The molecule has 55 valence electrons. The van der Waals surface area contributed by atoms with Gasteiger partial charge >= 0.3 is 0 Å². The number of hydrogen-bond donors (Lipinski definition) is 0. The summed E-state index contributed by atoms with van der Waals surface area (Å²) in [5, 5.41) is 0. The van der Waals surface area contributed by atoms with E-state index in [9.17, 15) is 0 Å². The van der Waals surface area contributed by atoms with Gasteiger partial charge < -0.3 is 9.47 Å². The number of methoxy groups -OCH3 is 1. The topological polar surface area (TPSA) is 18.5 Å². The van der Waals surface area contributed by atoms with Crippen molar-refractivity contribution >= 4 is 0 Å². The van der Waals surface area contributed by atoms with Crippen molar-refractivity contribution < 1.29 is 9.47 Å². The maximum atomic E-state index is 5.11. The molecule has 0 heterocycles. The van der Waals surface area contributed by atoms with Crippen LogP contribution in [0.3, 0.4) is 0 Å². The van der Waals surface area contributed by atoms with Crippen LogP contribution in [0, 0.1) is 6.92 Å². The van der Waals surface area contributed by atoms with E-state index in [-0.39, 0.29) is 6.10 Å². The highest BCUT2D eigenvalue weighted by Gasteiger charge is 2.01. The van der Waals surface area contributed by atoms with Gasteiger partial charge in [0.15, 0.2) is 0 Å². The van der Waals surface area contributed by atoms with E-state index in [1.807, 2.05) is 6.92 Å². The minimum absolute atomic E-state index is 0.171. The van der Waals surface area contributed by atoms with Crippen LogP contribution in [0.5, 0.6) is 0 Å². The molecule has 0 aromatic rings. The molecule has 1 unspecified atom stereocenters. The molecule has 0 amide bonds. The molecule has 2 nitrogen and oxygen atoms in total. The summed E-state index contributed by atoms with van der Waals surface area (Å²) in [5.74, 6) is 0. The van der Waals surface area contributed by atoms with Crippen molar-refractivity contribution in [1.29, 1.82) is 0 Å². The van der Waals surface area contributed by atoms with Crippen LogP contribution in [-0.4, -0.2) is 26.4 Å². The second-order valence-corrected chi connectivity index (χ2v) is 1.81. The van der Waals surface area contributed by atoms with Crippen molar-refractivity contribution in [3.8, 4) is 0 Å². The standard InChI is InChI=1S/C7H15O2/c1-4-7(8-3)6-9-5-2/h7H,1,4-6H2,2-3H3. The van der Waals surface area contributed by atoms with E-state index in [1.165, 1.54) is 0 Å². The Hall–Kier alpha value is -0.0800. The first-order valence-electron chi connectivity index (χ1n) is 3.24. The fourth-order valence-electron chi connectivity index (χ4n) is 0.519. The van der Waals surface area contributed by atoms with E-state index >= 15 is 0 Å². The average molecular weight is 131 g/mol. The lowest BCUT2D eigenvalue weighted by Gasteiger charge is -2.11. The van der Waals surface area contributed by atoms with Crippen molar-refractivity contribution in [2.75, 3.05) is 20.3 Å². The molecule has 0 fully saturated rings. The van der Waals surface area contributed by atoms with Crippen LogP contribution in [0.15, 0.2) is 0 Å². The normalized spacial score (nSPS) is 13.7. The largest absolute Gasteiger partial charge is 0.379 e. The molecule has 0 aromatic carbocycles. The summed E-state index contributed by atoms with van der Waals surface area (Å²) < 4.78 is 10.1. The fourth-order valence-corrected chi connectivity index (χ4v) is 0.519. The van der Waals surface area contributed by atoms with Crippen LogP contribution in [0.4, 0.5) is 0 Å². The molecule has 1 atom stereocenters. The molecule has 0 N–H and O–H groups in total. The molecule has 0 aromatic heterocycles. The average Bonchev–Trinajstić information content (AvgIpc) is 1.91. The van der Waals surface area contributed by atoms with E-state index in [0.717, 1.165) is 13.0 Å². The highest BCUT2D eigenvalue weighted by atomic mass is 16.5. The van der Waals surface area contributed by atoms with E-state index in [1.54, 1.807) is 7.11 Å². The summed E-state index contributed by atoms with van der Waals surface area (Å²) in [5.41, 5.74) is 0. The minimum atomic E-state index is 0.171. The molecular formula is C7H15O2. The van der Waals surface area contributed by atoms with Gasteiger partial charge in [-0.05, 0) is 13.3 Å². The Bertz CT molecular complexity index is 50.9. The second kappa shape index (κ2) is 6.05. The SMILES string of the molecule is [CH2]CC(COCC)OC. The molecule has 2 heteroatoms. The molecule has 9 heavy (non-hydrogen) atoms. The number of rotatable bonds is 5. The third-order valence-corrected chi connectivity index (χ3v) is 1.16. The first kappa shape index (κ1) is 8.92. The van der Waals surface area contributed by atoms with E-state index in [4.69, 9.17) is 9.47 Å². The molecule has 0 rings (SSSR count). The maximum Gasteiger partial charge on any atom is 0.0804 e. The summed E-state index contributed by atoms with van der Waals surface area (Å²) in [4.78, 5) is 0. The van der Waals surface area contributed by atoms with Gasteiger partial charge in [0, 0.05) is 13.7 Å². The van der Waals surface area contributed by atoms with Gasteiger partial charge in [0.1, 0.15) is 0 Å². The number of ether oxygens (including phenoxy) is 2. The zero-order valence-corrected chi connectivity index (χ0v) is 6.22.